The molecule has 0 amide bonds. The molecule has 1 aromatic carbocycles. The number of hydrogen-bond donors (Lipinski definition) is 2. The number of hydrogen-bond acceptors (Lipinski definition) is 4. The van der Waals surface area contributed by atoms with Crippen molar-refractivity contribution in [3.05, 3.63) is 58.5 Å². The Morgan fingerprint density at radius 1 is 1.15 bits per heavy atom. The topological polar surface area (TPSA) is 77.5 Å². The van der Waals surface area contributed by atoms with E-state index in [1.54, 1.807) is 12.3 Å². The van der Waals surface area contributed by atoms with Crippen LogP contribution in [0.1, 0.15) is 5.56 Å². The van der Waals surface area contributed by atoms with Gasteiger partial charge in [0.05, 0.1) is 6.54 Å². The van der Waals surface area contributed by atoms with E-state index in [2.05, 4.69) is 0 Å². The average Bonchev–Trinajstić information content (AvgIpc) is 2.45. The van der Waals surface area contributed by atoms with Crippen molar-refractivity contribution in [2.75, 3.05) is 18.9 Å². The van der Waals surface area contributed by atoms with Crippen LogP contribution in [0.2, 0.25) is 0 Å². The smallest absolute Gasteiger partial charge is 0.250 e. The second-order valence-electron chi connectivity index (χ2n) is 4.46. The summed E-state index contributed by atoms with van der Waals surface area (Å²) in [5.74, 6) is 0.739. The van der Waals surface area contributed by atoms with Crippen molar-refractivity contribution < 1.29 is 9.84 Å². The van der Waals surface area contributed by atoms with Crippen molar-refractivity contribution in [3.63, 3.8) is 0 Å². The third-order valence-corrected chi connectivity index (χ3v) is 2.93. The van der Waals surface area contributed by atoms with E-state index >= 15 is 0 Å². The first-order valence-electron chi connectivity index (χ1n) is 6.47. The summed E-state index contributed by atoms with van der Waals surface area (Å²) < 4.78 is 7.10. The molecule has 0 unspecified atom stereocenters. The van der Waals surface area contributed by atoms with Crippen LogP contribution in [0.5, 0.6) is 5.75 Å². The van der Waals surface area contributed by atoms with Crippen molar-refractivity contribution in [3.8, 4) is 5.75 Å². The summed E-state index contributed by atoms with van der Waals surface area (Å²) in [4.78, 5) is 11.6. The quantitative estimate of drug-likeness (QED) is 0.825. The van der Waals surface area contributed by atoms with E-state index in [4.69, 9.17) is 15.6 Å². The Morgan fingerprint density at radius 3 is 2.60 bits per heavy atom. The number of anilines is 1. The molecular weight excluding hydrogens is 256 g/mol. The summed E-state index contributed by atoms with van der Waals surface area (Å²) in [7, 11) is 0. The molecule has 0 radical (unpaired) electrons. The highest BCUT2D eigenvalue weighted by Gasteiger charge is 1.99. The molecular formula is C15H18N2O3. The molecule has 0 aliphatic rings. The third-order valence-electron chi connectivity index (χ3n) is 2.93. The minimum absolute atomic E-state index is 0.0962. The van der Waals surface area contributed by atoms with Gasteiger partial charge in [-0.1, -0.05) is 12.1 Å². The first-order chi connectivity index (χ1) is 9.69. The second kappa shape index (κ2) is 6.77. The molecule has 0 saturated carbocycles. The normalized spacial score (nSPS) is 10.4. The summed E-state index contributed by atoms with van der Waals surface area (Å²) >= 11 is 0. The van der Waals surface area contributed by atoms with Crippen molar-refractivity contribution >= 4 is 5.69 Å². The molecule has 106 valence electrons. The molecule has 1 heterocycles. The van der Waals surface area contributed by atoms with Crippen molar-refractivity contribution in [2.45, 2.75) is 13.0 Å². The van der Waals surface area contributed by atoms with Gasteiger partial charge in [0.2, 0.25) is 0 Å². The molecule has 5 heteroatoms. The second-order valence-corrected chi connectivity index (χ2v) is 4.46. The van der Waals surface area contributed by atoms with Gasteiger partial charge in [-0.15, -0.1) is 0 Å². The number of nitrogen functional groups attached to an aromatic ring is 1. The third kappa shape index (κ3) is 3.86. The Hall–Kier alpha value is -2.27. The van der Waals surface area contributed by atoms with Crippen LogP contribution >= 0.6 is 0 Å². The predicted octanol–water partition coefficient (Wildman–Crippen LogP) is 1.04. The SMILES string of the molecule is Nc1ccc(=O)n(CCOc2ccc(CCO)cc2)c1. The van der Waals surface area contributed by atoms with Gasteiger partial charge in [-0.2, -0.15) is 0 Å². The van der Waals surface area contributed by atoms with Crippen LogP contribution in [0.15, 0.2) is 47.4 Å². The van der Waals surface area contributed by atoms with Gasteiger partial charge in [0.15, 0.2) is 0 Å². The first-order valence-corrected chi connectivity index (χ1v) is 6.47. The summed E-state index contributed by atoms with van der Waals surface area (Å²) in [6, 6.07) is 10.6. The molecule has 0 saturated heterocycles. The highest BCUT2D eigenvalue weighted by atomic mass is 16.5. The zero-order valence-corrected chi connectivity index (χ0v) is 11.2. The van der Waals surface area contributed by atoms with Crippen LogP contribution < -0.4 is 16.0 Å². The van der Waals surface area contributed by atoms with Gasteiger partial charge < -0.3 is 20.1 Å². The minimum Gasteiger partial charge on any atom is -0.492 e. The number of ether oxygens (including phenoxy) is 1. The van der Waals surface area contributed by atoms with Crippen molar-refractivity contribution in [2.24, 2.45) is 0 Å². The monoisotopic (exact) mass is 274 g/mol. The van der Waals surface area contributed by atoms with Gasteiger partial charge in [-0.3, -0.25) is 4.79 Å². The summed E-state index contributed by atoms with van der Waals surface area (Å²) in [6.07, 6.45) is 2.25. The Bertz CT molecular complexity index is 605. The fourth-order valence-corrected chi connectivity index (χ4v) is 1.87. The maximum absolute atomic E-state index is 11.6. The molecule has 1 aromatic heterocycles. The van der Waals surface area contributed by atoms with E-state index < -0.39 is 0 Å². The average molecular weight is 274 g/mol. The van der Waals surface area contributed by atoms with Gasteiger partial charge in [0, 0.05) is 24.6 Å². The number of rotatable bonds is 6. The Morgan fingerprint density at radius 2 is 1.90 bits per heavy atom. The van der Waals surface area contributed by atoms with E-state index in [0.717, 1.165) is 11.3 Å². The number of aliphatic hydroxyl groups excluding tert-OH is 1. The molecule has 0 aliphatic carbocycles. The van der Waals surface area contributed by atoms with E-state index in [1.165, 1.54) is 10.6 Å². The molecule has 0 atom stereocenters. The number of nitrogens with zero attached hydrogens (tertiary/aromatic N) is 1. The maximum atomic E-state index is 11.6. The number of aliphatic hydroxyl groups is 1. The van der Waals surface area contributed by atoms with Crippen molar-refractivity contribution in [1.29, 1.82) is 0 Å². The zero-order chi connectivity index (χ0) is 14.4. The van der Waals surface area contributed by atoms with Crippen LogP contribution in [0.3, 0.4) is 0 Å². The molecule has 0 fully saturated rings. The molecule has 20 heavy (non-hydrogen) atoms. The minimum atomic E-state index is -0.0962. The first kappa shape index (κ1) is 14.1. The van der Waals surface area contributed by atoms with E-state index in [9.17, 15) is 4.79 Å². The van der Waals surface area contributed by atoms with E-state index in [-0.39, 0.29) is 12.2 Å². The summed E-state index contributed by atoms with van der Waals surface area (Å²) in [6.45, 7) is 0.976. The van der Waals surface area contributed by atoms with Gasteiger partial charge in [-0.05, 0) is 30.2 Å². The fraction of sp³-hybridized carbons (Fsp3) is 0.267. The highest BCUT2D eigenvalue weighted by Crippen LogP contribution is 2.12. The maximum Gasteiger partial charge on any atom is 0.250 e. The fourth-order valence-electron chi connectivity index (χ4n) is 1.87. The Kier molecular flexibility index (Phi) is 4.79. The molecule has 0 aliphatic heterocycles. The van der Waals surface area contributed by atoms with Gasteiger partial charge >= 0.3 is 0 Å². The largest absolute Gasteiger partial charge is 0.492 e. The Labute approximate surface area is 117 Å². The predicted molar refractivity (Wildman–Crippen MR) is 77.8 cm³/mol. The highest BCUT2D eigenvalue weighted by molar-refractivity contribution is 5.33. The lowest BCUT2D eigenvalue weighted by Gasteiger charge is -2.09. The molecule has 2 aromatic rings. The van der Waals surface area contributed by atoms with Crippen molar-refractivity contribution in [1.82, 2.24) is 4.57 Å². The van der Waals surface area contributed by atoms with E-state index in [1.807, 2.05) is 24.3 Å². The standard InChI is InChI=1S/C15H18N2O3/c16-13-3-6-15(19)17(11-13)8-10-20-14-4-1-12(2-5-14)7-9-18/h1-6,11,18H,7-10,16H2. The van der Waals surface area contributed by atoms with Gasteiger partial charge in [0.1, 0.15) is 12.4 Å². The molecule has 2 rings (SSSR count). The molecule has 0 bridgehead atoms. The molecule has 0 spiro atoms. The lowest BCUT2D eigenvalue weighted by molar-refractivity contribution is 0.294. The Balaban J connectivity index is 1.89. The number of benzene rings is 1. The van der Waals surface area contributed by atoms with Crippen LogP contribution in [-0.2, 0) is 13.0 Å². The lowest BCUT2D eigenvalue weighted by atomic mass is 10.1. The lowest BCUT2D eigenvalue weighted by Crippen LogP contribution is -2.22. The number of aromatic nitrogens is 1. The van der Waals surface area contributed by atoms with Gasteiger partial charge in [0.25, 0.3) is 5.56 Å². The molecule has 5 nitrogen and oxygen atoms in total. The van der Waals surface area contributed by atoms with Gasteiger partial charge in [-0.25, -0.2) is 0 Å². The van der Waals surface area contributed by atoms with Crippen LogP contribution in [0.25, 0.3) is 0 Å². The molecule has 3 N–H and O–H groups in total. The summed E-state index contributed by atoms with van der Waals surface area (Å²) in [5.41, 5.74) is 7.15. The van der Waals surface area contributed by atoms with Crippen LogP contribution in [-0.4, -0.2) is 22.9 Å². The van der Waals surface area contributed by atoms with E-state index in [0.29, 0.717) is 25.3 Å². The zero-order valence-electron chi connectivity index (χ0n) is 11.2. The van der Waals surface area contributed by atoms with Crippen LogP contribution in [0.4, 0.5) is 5.69 Å². The summed E-state index contributed by atoms with van der Waals surface area (Å²) in [5, 5.41) is 8.83. The number of nitrogens with two attached hydrogens (primary N) is 1. The number of pyridine rings is 1. The van der Waals surface area contributed by atoms with Crippen LogP contribution in [0, 0.1) is 0 Å².